The van der Waals surface area contributed by atoms with Gasteiger partial charge < -0.3 is 20.4 Å². The standard InChI is InChI=1S/C24H25F3N4O5/c25-24(26,27)23-9-22(10-23,11-23)17(8-32)28-20(34)16-6-12-5-15(12)31(16)18(33)7-30-14-4-2-1-3-13(14)19(29-30)21(35)36/h1-4,12,15-17,32H,5-11H2,(H,28,34)(H,35,36)/t12-,15-,16+,17-,22?,23?/m1/s1. The molecule has 7 rings (SSSR count). The van der Waals surface area contributed by atoms with Crippen LogP contribution in [0.4, 0.5) is 13.2 Å². The van der Waals surface area contributed by atoms with E-state index < -0.39 is 47.6 Å². The summed E-state index contributed by atoms with van der Waals surface area (Å²) in [5.41, 5.74) is -2.13. The number of likely N-dealkylation sites (tertiary alicyclic amines) is 1. The van der Waals surface area contributed by atoms with E-state index in [9.17, 15) is 37.8 Å². The molecule has 5 aliphatic rings. The summed E-state index contributed by atoms with van der Waals surface area (Å²) >= 11 is 0. The molecule has 3 N–H and O–H groups in total. The zero-order valence-corrected chi connectivity index (χ0v) is 19.2. The van der Waals surface area contributed by atoms with Gasteiger partial charge in [-0.3, -0.25) is 14.3 Å². The molecular formula is C24H25F3N4O5. The number of aromatic carboxylic acids is 1. The first-order valence-electron chi connectivity index (χ1n) is 12.0. The van der Waals surface area contributed by atoms with Crippen LogP contribution in [0.2, 0.25) is 0 Å². The van der Waals surface area contributed by atoms with Gasteiger partial charge in [-0.1, -0.05) is 18.2 Å². The smallest absolute Gasteiger partial charge is 0.394 e. The molecule has 1 aromatic heterocycles. The Labute approximate surface area is 203 Å². The molecule has 4 saturated carbocycles. The van der Waals surface area contributed by atoms with Gasteiger partial charge in [0, 0.05) is 11.4 Å². The number of carbonyl (C=O) groups is 3. The minimum Gasteiger partial charge on any atom is -0.476 e. The highest BCUT2D eigenvalue weighted by atomic mass is 19.4. The lowest BCUT2D eigenvalue weighted by Gasteiger charge is -2.72. The number of aliphatic hydroxyl groups excluding tert-OH is 1. The summed E-state index contributed by atoms with van der Waals surface area (Å²) in [6, 6.07) is 4.97. The predicted molar refractivity (Wildman–Crippen MR) is 118 cm³/mol. The molecule has 192 valence electrons. The largest absolute Gasteiger partial charge is 0.476 e. The number of carboxylic acids is 1. The summed E-state index contributed by atoms with van der Waals surface area (Å²) < 4.78 is 41.1. The van der Waals surface area contributed by atoms with E-state index in [4.69, 9.17) is 0 Å². The summed E-state index contributed by atoms with van der Waals surface area (Å²) in [6.07, 6.45) is -3.40. The van der Waals surface area contributed by atoms with Crippen LogP contribution < -0.4 is 5.32 Å². The Morgan fingerprint density at radius 3 is 2.50 bits per heavy atom. The molecule has 2 bridgehead atoms. The lowest BCUT2D eigenvalue weighted by atomic mass is 9.33. The zero-order valence-electron chi connectivity index (χ0n) is 19.2. The number of amides is 2. The summed E-state index contributed by atoms with van der Waals surface area (Å²) in [7, 11) is 0. The lowest BCUT2D eigenvalue weighted by molar-refractivity contribution is -0.370. The fourth-order valence-electron chi connectivity index (χ4n) is 6.86. The van der Waals surface area contributed by atoms with Crippen molar-refractivity contribution in [2.75, 3.05) is 6.61 Å². The first-order valence-corrected chi connectivity index (χ1v) is 12.0. The van der Waals surface area contributed by atoms with Crippen molar-refractivity contribution >= 4 is 28.7 Å². The fraction of sp³-hybridized carbons (Fsp3) is 0.583. The molecule has 0 spiro atoms. The molecule has 2 heterocycles. The van der Waals surface area contributed by atoms with Gasteiger partial charge in [-0.05, 0) is 49.5 Å². The number of alkyl halides is 3. The third kappa shape index (κ3) is 3.19. The number of hydrogen-bond acceptors (Lipinski definition) is 5. The van der Waals surface area contributed by atoms with Crippen molar-refractivity contribution in [2.24, 2.45) is 16.7 Å². The number of aliphatic hydroxyl groups is 1. The van der Waals surface area contributed by atoms with Crippen molar-refractivity contribution in [3.05, 3.63) is 30.0 Å². The highest BCUT2D eigenvalue weighted by molar-refractivity contribution is 6.01. The van der Waals surface area contributed by atoms with Gasteiger partial charge in [-0.2, -0.15) is 18.3 Å². The number of carboxylic acid groups (broad SMARTS) is 1. The van der Waals surface area contributed by atoms with Crippen molar-refractivity contribution < 1.29 is 37.8 Å². The Balaban J connectivity index is 1.17. The molecule has 4 atom stereocenters. The van der Waals surface area contributed by atoms with E-state index in [-0.39, 0.29) is 49.4 Å². The van der Waals surface area contributed by atoms with Gasteiger partial charge in [0.15, 0.2) is 5.69 Å². The van der Waals surface area contributed by atoms with Crippen molar-refractivity contribution in [1.82, 2.24) is 20.0 Å². The van der Waals surface area contributed by atoms with E-state index in [0.29, 0.717) is 17.3 Å². The van der Waals surface area contributed by atoms with Crippen LogP contribution in [0.5, 0.6) is 0 Å². The molecule has 0 radical (unpaired) electrons. The van der Waals surface area contributed by atoms with Gasteiger partial charge >= 0.3 is 12.1 Å². The fourth-order valence-corrected chi connectivity index (χ4v) is 6.86. The minimum atomic E-state index is -4.29. The highest BCUT2D eigenvalue weighted by Crippen LogP contribution is 2.79. The first kappa shape index (κ1) is 23.3. The molecule has 1 aliphatic heterocycles. The number of nitrogens with zero attached hydrogens (tertiary/aromatic N) is 3. The Morgan fingerprint density at radius 2 is 1.86 bits per heavy atom. The Morgan fingerprint density at radius 1 is 1.17 bits per heavy atom. The average Bonchev–Trinajstić information content (AvgIpc) is 3.25. The number of piperidine rings is 1. The molecular weight excluding hydrogens is 481 g/mol. The molecule has 0 unspecified atom stereocenters. The van der Waals surface area contributed by atoms with Crippen LogP contribution in [-0.4, -0.2) is 73.6 Å². The second-order valence-electron chi connectivity index (χ2n) is 10.9. The normalized spacial score (nSPS) is 32.9. The zero-order chi connectivity index (χ0) is 25.6. The second kappa shape index (κ2) is 7.44. The maximum absolute atomic E-state index is 13.3. The van der Waals surface area contributed by atoms with Gasteiger partial charge in [0.1, 0.15) is 12.6 Å². The van der Waals surface area contributed by atoms with Gasteiger partial charge in [0.2, 0.25) is 11.8 Å². The Bertz CT molecular complexity index is 1270. The number of halogens is 3. The summed E-state index contributed by atoms with van der Waals surface area (Å²) in [5.74, 6) is -1.90. The van der Waals surface area contributed by atoms with E-state index in [0.717, 1.165) is 6.42 Å². The molecule has 1 saturated heterocycles. The summed E-state index contributed by atoms with van der Waals surface area (Å²) in [6.45, 7) is -0.716. The number of aromatic nitrogens is 2. The maximum atomic E-state index is 13.3. The number of carbonyl (C=O) groups excluding carboxylic acids is 2. The van der Waals surface area contributed by atoms with Crippen molar-refractivity contribution in [1.29, 1.82) is 0 Å². The molecule has 36 heavy (non-hydrogen) atoms. The first-order chi connectivity index (χ1) is 17.0. The number of nitrogens with one attached hydrogen (secondary N) is 1. The van der Waals surface area contributed by atoms with E-state index >= 15 is 0 Å². The third-order valence-corrected chi connectivity index (χ3v) is 8.75. The number of rotatable bonds is 7. The molecule has 1 aromatic carbocycles. The van der Waals surface area contributed by atoms with Gasteiger partial charge in [0.05, 0.1) is 23.6 Å². The van der Waals surface area contributed by atoms with Crippen molar-refractivity contribution in [3.8, 4) is 0 Å². The summed E-state index contributed by atoms with van der Waals surface area (Å²) in [5, 5.41) is 26.6. The lowest BCUT2D eigenvalue weighted by Crippen LogP contribution is -2.75. The minimum absolute atomic E-state index is 0.105. The van der Waals surface area contributed by atoms with Crippen LogP contribution in [0.1, 0.15) is 42.6 Å². The van der Waals surface area contributed by atoms with E-state index in [1.165, 1.54) is 9.58 Å². The van der Waals surface area contributed by atoms with Crippen LogP contribution in [0, 0.1) is 16.7 Å². The molecule has 2 aromatic rings. The summed E-state index contributed by atoms with van der Waals surface area (Å²) in [4.78, 5) is 39.6. The van der Waals surface area contributed by atoms with Crippen molar-refractivity contribution in [2.45, 2.75) is 63.0 Å². The van der Waals surface area contributed by atoms with E-state index in [1.807, 2.05) is 0 Å². The number of para-hydroxylation sites is 1. The van der Waals surface area contributed by atoms with E-state index in [2.05, 4.69) is 10.4 Å². The van der Waals surface area contributed by atoms with Crippen LogP contribution in [-0.2, 0) is 16.1 Å². The number of fused-ring (bicyclic) bond motifs is 2. The van der Waals surface area contributed by atoms with Crippen LogP contribution in [0.15, 0.2) is 24.3 Å². The average molecular weight is 506 g/mol. The number of benzene rings is 1. The molecule has 12 heteroatoms. The molecule has 4 aliphatic carbocycles. The molecule has 2 amide bonds. The van der Waals surface area contributed by atoms with Gasteiger partial charge in [-0.25, -0.2) is 4.79 Å². The highest BCUT2D eigenvalue weighted by Gasteiger charge is 2.80. The van der Waals surface area contributed by atoms with Gasteiger partial charge in [-0.15, -0.1) is 0 Å². The quantitative estimate of drug-likeness (QED) is 0.527. The maximum Gasteiger partial charge on any atom is 0.394 e. The molecule has 5 fully saturated rings. The SMILES string of the molecule is O=C(O)c1nn(CC(=O)N2[C@@H]3C[C@@H]3C[C@H]2C(=O)N[C@H](CO)C23CC(C(F)(F)F)(C2)C3)c2ccccc12. The Kier molecular flexibility index (Phi) is 4.80. The van der Waals surface area contributed by atoms with Crippen LogP contribution in [0.25, 0.3) is 10.9 Å². The topological polar surface area (TPSA) is 125 Å². The van der Waals surface area contributed by atoms with Crippen LogP contribution >= 0.6 is 0 Å². The Hall–Kier alpha value is -3.15. The second-order valence-corrected chi connectivity index (χ2v) is 10.9. The third-order valence-electron chi connectivity index (χ3n) is 8.75. The number of hydrogen-bond donors (Lipinski definition) is 3. The van der Waals surface area contributed by atoms with Gasteiger partial charge in [0.25, 0.3) is 0 Å². The monoisotopic (exact) mass is 506 g/mol. The molecule has 9 nitrogen and oxygen atoms in total. The van der Waals surface area contributed by atoms with Crippen molar-refractivity contribution in [3.63, 3.8) is 0 Å². The van der Waals surface area contributed by atoms with E-state index in [1.54, 1.807) is 24.3 Å². The van der Waals surface area contributed by atoms with Crippen LogP contribution in [0.3, 0.4) is 0 Å². The predicted octanol–water partition coefficient (Wildman–Crippen LogP) is 1.93.